The van der Waals surface area contributed by atoms with Gasteiger partial charge in [-0.25, -0.2) is 9.59 Å². The SMILES string of the molecule is CC(C)(CC(N)=O)NC(=O)N1C[C@H](O)C[C@@H]1C(=O)O. The Hall–Kier alpha value is -1.83. The molecule has 0 aromatic carbocycles. The third-order valence-corrected chi connectivity index (χ3v) is 2.89. The van der Waals surface area contributed by atoms with Crippen LogP contribution < -0.4 is 11.1 Å². The molecule has 0 saturated carbocycles. The fraction of sp³-hybridized carbons (Fsp3) is 0.727. The van der Waals surface area contributed by atoms with E-state index in [2.05, 4.69) is 5.32 Å². The number of aliphatic hydroxyl groups is 1. The Morgan fingerprint density at radius 1 is 1.42 bits per heavy atom. The van der Waals surface area contributed by atoms with Crippen molar-refractivity contribution in [2.24, 2.45) is 5.73 Å². The smallest absolute Gasteiger partial charge is 0.326 e. The molecule has 108 valence electrons. The van der Waals surface area contributed by atoms with Crippen LogP contribution in [0.15, 0.2) is 0 Å². The van der Waals surface area contributed by atoms with Crippen LogP contribution in [0.4, 0.5) is 4.79 Å². The first-order valence-electron chi connectivity index (χ1n) is 5.90. The van der Waals surface area contributed by atoms with E-state index in [0.717, 1.165) is 4.90 Å². The molecule has 2 atom stereocenters. The molecule has 1 fully saturated rings. The van der Waals surface area contributed by atoms with Crippen molar-refractivity contribution < 1.29 is 24.6 Å². The predicted octanol–water partition coefficient (Wildman–Crippen LogP) is -1.13. The van der Waals surface area contributed by atoms with E-state index in [1.807, 2.05) is 0 Å². The van der Waals surface area contributed by atoms with Gasteiger partial charge in [-0.05, 0) is 13.8 Å². The summed E-state index contributed by atoms with van der Waals surface area (Å²) < 4.78 is 0. The van der Waals surface area contributed by atoms with Gasteiger partial charge in [-0.2, -0.15) is 0 Å². The highest BCUT2D eigenvalue weighted by atomic mass is 16.4. The van der Waals surface area contributed by atoms with Crippen LogP contribution in [0.2, 0.25) is 0 Å². The molecule has 1 aliphatic heterocycles. The van der Waals surface area contributed by atoms with Gasteiger partial charge in [0.1, 0.15) is 6.04 Å². The van der Waals surface area contributed by atoms with Gasteiger partial charge in [0.05, 0.1) is 6.10 Å². The standard InChI is InChI=1S/C11H19N3O5/c1-11(2,4-8(12)16)13-10(19)14-5-6(15)3-7(14)9(17)18/h6-7,15H,3-5H2,1-2H3,(H2,12,16)(H,13,19)(H,17,18)/t6-,7-/m1/s1. The minimum Gasteiger partial charge on any atom is -0.480 e. The average molecular weight is 273 g/mol. The van der Waals surface area contributed by atoms with Gasteiger partial charge < -0.3 is 26.2 Å². The van der Waals surface area contributed by atoms with Crippen molar-refractivity contribution in [2.75, 3.05) is 6.54 Å². The van der Waals surface area contributed by atoms with Crippen molar-refractivity contribution in [3.8, 4) is 0 Å². The Morgan fingerprint density at radius 3 is 2.47 bits per heavy atom. The van der Waals surface area contributed by atoms with Gasteiger partial charge in [-0.1, -0.05) is 0 Å². The summed E-state index contributed by atoms with van der Waals surface area (Å²) in [6, 6.07) is -1.69. The predicted molar refractivity (Wildman–Crippen MR) is 65.2 cm³/mol. The molecule has 19 heavy (non-hydrogen) atoms. The molecule has 1 rings (SSSR count). The third kappa shape index (κ3) is 4.09. The van der Waals surface area contributed by atoms with E-state index in [-0.39, 0.29) is 19.4 Å². The van der Waals surface area contributed by atoms with Crippen molar-refractivity contribution >= 4 is 17.9 Å². The first-order valence-corrected chi connectivity index (χ1v) is 5.90. The van der Waals surface area contributed by atoms with Crippen molar-refractivity contribution in [1.82, 2.24) is 10.2 Å². The molecule has 0 aromatic heterocycles. The number of carbonyl (C=O) groups excluding carboxylic acids is 2. The van der Waals surface area contributed by atoms with Crippen LogP contribution in [0.25, 0.3) is 0 Å². The van der Waals surface area contributed by atoms with Gasteiger partial charge in [0.2, 0.25) is 5.91 Å². The Labute approximate surface area is 110 Å². The highest BCUT2D eigenvalue weighted by molar-refractivity contribution is 5.84. The molecular formula is C11H19N3O5. The zero-order chi connectivity index (χ0) is 14.8. The Kier molecular flexibility index (Phi) is 4.35. The molecule has 0 unspecified atom stereocenters. The summed E-state index contributed by atoms with van der Waals surface area (Å²) in [5, 5.41) is 21.0. The fourth-order valence-corrected chi connectivity index (χ4v) is 2.11. The topological polar surface area (TPSA) is 133 Å². The van der Waals surface area contributed by atoms with Crippen LogP contribution in [0.1, 0.15) is 26.7 Å². The first kappa shape index (κ1) is 15.2. The van der Waals surface area contributed by atoms with E-state index in [4.69, 9.17) is 10.8 Å². The molecule has 0 spiro atoms. The Bertz CT molecular complexity index is 396. The van der Waals surface area contributed by atoms with Gasteiger partial charge in [0.25, 0.3) is 0 Å². The number of aliphatic hydroxyl groups excluding tert-OH is 1. The van der Waals surface area contributed by atoms with E-state index in [1.54, 1.807) is 13.8 Å². The third-order valence-electron chi connectivity index (χ3n) is 2.89. The normalized spacial score (nSPS) is 23.2. The number of carboxylic acids is 1. The number of likely N-dealkylation sites (tertiary alicyclic amines) is 1. The van der Waals surface area contributed by atoms with Crippen molar-refractivity contribution in [1.29, 1.82) is 0 Å². The van der Waals surface area contributed by atoms with Gasteiger partial charge >= 0.3 is 12.0 Å². The number of urea groups is 1. The second-order valence-electron chi connectivity index (χ2n) is 5.35. The lowest BCUT2D eigenvalue weighted by Crippen LogP contribution is -2.54. The molecule has 1 heterocycles. The zero-order valence-electron chi connectivity index (χ0n) is 10.9. The summed E-state index contributed by atoms with van der Waals surface area (Å²) in [5.41, 5.74) is 4.19. The lowest BCUT2D eigenvalue weighted by molar-refractivity contribution is -0.141. The summed E-state index contributed by atoms with van der Waals surface area (Å²) in [6.07, 6.45) is -0.919. The number of hydrogen-bond donors (Lipinski definition) is 4. The summed E-state index contributed by atoms with van der Waals surface area (Å²) >= 11 is 0. The minimum atomic E-state index is -1.17. The van der Waals surface area contributed by atoms with Crippen LogP contribution >= 0.6 is 0 Å². The molecule has 0 aliphatic carbocycles. The number of rotatable bonds is 4. The molecule has 1 aliphatic rings. The second kappa shape index (κ2) is 5.43. The van der Waals surface area contributed by atoms with Crippen LogP contribution in [-0.4, -0.2) is 57.3 Å². The minimum absolute atomic E-state index is 0.000991. The number of nitrogens with zero attached hydrogens (tertiary/aromatic N) is 1. The van der Waals surface area contributed by atoms with E-state index >= 15 is 0 Å². The number of carbonyl (C=O) groups is 3. The summed E-state index contributed by atoms with van der Waals surface area (Å²) in [7, 11) is 0. The average Bonchev–Trinajstić information content (AvgIpc) is 2.57. The number of β-amino-alcohol motifs (C(OH)–C–C–N with tert-alkyl or cyclic N) is 1. The molecule has 0 aromatic rings. The Balaban J connectivity index is 2.71. The van der Waals surface area contributed by atoms with E-state index < -0.39 is 35.6 Å². The maximum atomic E-state index is 12.0. The molecule has 5 N–H and O–H groups in total. The number of amides is 3. The van der Waals surface area contributed by atoms with Crippen molar-refractivity contribution in [2.45, 2.75) is 44.4 Å². The summed E-state index contributed by atoms with van der Waals surface area (Å²) in [4.78, 5) is 34.9. The molecule has 3 amide bonds. The monoisotopic (exact) mass is 273 g/mol. The van der Waals surface area contributed by atoms with Gasteiger partial charge in [-0.15, -0.1) is 0 Å². The molecule has 1 saturated heterocycles. The number of aliphatic carboxylic acids is 1. The highest BCUT2D eigenvalue weighted by Crippen LogP contribution is 2.19. The van der Waals surface area contributed by atoms with Crippen LogP contribution in [-0.2, 0) is 9.59 Å². The van der Waals surface area contributed by atoms with Crippen molar-refractivity contribution in [3.05, 3.63) is 0 Å². The number of primary amides is 1. The van der Waals surface area contributed by atoms with Crippen LogP contribution in [0.3, 0.4) is 0 Å². The van der Waals surface area contributed by atoms with E-state index in [0.29, 0.717) is 0 Å². The van der Waals surface area contributed by atoms with Gasteiger partial charge in [0.15, 0.2) is 0 Å². The zero-order valence-corrected chi connectivity index (χ0v) is 10.9. The maximum absolute atomic E-state index is 12.0. The summed E-state index contributed by atoms with van der Waals surface area (Å²) in [6.45, 7) is 3.17. The quantitative estimate of drug-likeness (QED) is 0.514. The van der Waals surface area contributed by atoms with Gasteiger partial charge in [0, 0.05) is 24.9 Å². The second-order valence-corrected chi connectivity index (χ2v) is 5.35. The van der Waals surface area contributed by atoms with Crippen LogP contribution in [0, 0.1) is 0 Å². The number of nitrogens with two attached hydrogens (primary N) is 1. The van der Waals surface area contributed by atoms with Gasteiger partial charge in [-0.3, -0.25) is 4.79 Å². The molecule has 8 heteroatoms. The number of carboxylic acid groups (broad SMARTS) is 1. The number of hydrogen-bond acceptors (Lipinski definition) is 4. The molecular weight excluding hydrogens is 254 g/mol. The molecule has 0 bridgehead atoms. The molecule has 8 nitrogen and oxygen atoms in total. The molecule has 0 radical (unpaired) electrons. The first-order chi connectivity index (χ1) is 8.62. The fourth-order valence-electron chi connectivity index (χ4n) is 2.11. The van der Waals surface area contributed by atoms with Crippen LogP contribution in [0.5, 0.6) is 0 Å². The number of nitrogens with one attached hydrogen (secondary N) is 1. The lowest BCUT2D eigenvalue weighted by Gasteiger charge is -2.29. The highest BCUT2D eigenvalue weighted by Gasteiger charge is 2.40. The van der Waals surface area contributed by atoms with Crippen molar-refractivity contribution in [3.63, 3.8) is 0 Å². The largest absolute Gasteiger partial charge is 0.480 e. The Morgan fingerprint density at radius 2 is 2.00 bits per heavy atom. The van der Waals surface area contributed by atoms with E-state index in [1.165, 1.54) is 0 Å². The summed E-state index contributed by atoms with van der Waals surface area (Å²) in [5.74, 6) is -1.74. The van der Waals surface area contributed by atoms with E-state index in [9.17, 15) is 19.5 Å². The maximum Gasteiger partial charge on any atom is 0.326 e. The lowest BCUT2D eigenvalue weighted by atomic mass is 10.0.